The zero-order valence-corrected chi connectivity index (χ0v) is 14.1. The predicted octanol–water partition coefficient (Wildman–Crippen LogP) is 1.19. The zero-order valence-electron chi connectivity index (χ0n) is 14.1. The molecule has 2 aromatic rings. The lowest BCUT2D eigenvalue weighted by Gasteiger charge is -2.37. The Morgan fingerprint density at radius 2 is 1.61 bits per heavy atom. The van der Waals surface area contributed by atoms with Gasteiger partial charge in [0.1, 0.15) is 31.7 Å². The van der Waals surface area contributed by atoms with E-state index >= 15 is 0 Å². The third kappa shape index (κ3) is 3.06. The van der Waals surface area contributed by atoms with Crippen LogP contribution >= 0.6 is 0 Å². The maximum atomic E-state index is 2.48. The van der Waals surface area contributed by atoms with Gasteiger partial charge in [0.25, 0.3) is 0 Å². The van der Waals surface area contributed by atoms with E-state index in [-0.39, 0.29) is 0 Å². The monoisotopic (exact) mass is 308 g/mol. The predicted molar refractivity (Wildman–Crippen MR) is 94.6 cm³/mol. The van der Waals surface area contributed by atoms with Gasteiger partial charge in [-0.05, 0) is 18.1 Å². The highest BCUT2D eigenvalue weighted by Crippen LogP contribution is 2.19. The van der Waals surface area contributed by atoms with Crippen LogP contribution in [-0.4, -0.2) is 31.7 Å². The fraction of sp³-hybridized carbons (Fsp3) is 0.429. The first kappa shape index (κ1) is 14.9. The highest BCUT2D eigenvalue weighted by molar-refractivity contribution is 5.63. The average molecular weight is 308 g/mol. The number of piperazine rings is 1. The van der Waals surface area contributed by atoms with E-state index in [1.54, 1.807) is 4.90 Å². The Hall–Kier alpha value is -1.64. The van der Waals surface area contributed by atoms with Crippen LogP contribution in [0.2, 0.25) is 0 Å². The Balaban J connectivity index is 1.45. The number of fused-ring (bicyclic) bond motifs is 1. The smallest absolute Gasteiger partial charge is 0.140 e. The fourth-order valence-electron chi connectivity index (χ4n) is 4.64. The van der Waals surface area contributed by atoms with Crippen LogP contribution in [0, 0.1) is 0 Å². The van der Waals surface area contributed by atoms with E-state index in [4.69, 9.17) is 0 Å². The Morgan fingerprint density at radius 3 is 2.39 bits per heavy atom. The zero-order chi connectivity index (χ0) is 15.6. The molecule has 2 aliphatic heterocycles. The molecule has 0 amide bonds. The van der Waals surface area contributed by atoms with Crippen molar-refractivity contribution in [3.8, 4) is 11.1 Å². The van der Waals surface area contributed by atoms with Crippen LogP contribution in [0.1, 0.15) is 25.3 Å². The summed E-state index contributed by atoms with van der Waals surface area (Å²) in [4.78, 5) is 3.66. The lowest BCUT2D eigenvalue weighted by atomic mass is 10.0. The summed E-state index contributed by atoms with van der Waals surface area (Å²) in [6, 6.07) is 21.6. The fourth-order valence-corrected chi connectivity index (χ4v) is 4.64. The minimum Gasteiger partial charge on any atom is -0.323 e. The van der Waals surface area contributed by atoms with Crippen molar-refractivity contribution in [3.63, 3.8) is 0 Å². The molecule has 0 spiro atoms. The Labute approximate surface area is 139 Å². The molecule has 2 heteroatoms. The van der Waals surface area contributed by atoms with Gasteiger partial charge in [-0.2, -0.15) is 0 Å². The highest BCUT2D eigenvalue weighted by Gasteiger charge is 2.42. The first-order valence-corrected chi connectivity index (χ1v) is 9.15. The van der Waals surface area contributed by atoms with Crippen LogP contribution in [0.3, 0.4) is 0 Å². The lowest BCUT2D eigenvalue weighted by Crippen LogP contribution is -3.31. The van der Waals surface area contributed by atoms with Gasteiger partial charge in [0, 0.05) is 18.4 Å². The summed E-state index contributed by atoms with van der Waals surface area (Å²) in [6.07, 6.45) is 2.87. The molecule has 2 unspecified atom stereocenters. The van der Waals surface area contributed by atoms with E-state index in [1.807, 2.05) is 4.90 Å². The molecule has 0 saturated carbocycles. The molecule has 2 N–H and O–H groups in total. The van der Waals surface area contributed by atoms with Crippen LogP contribution in [-0.2, 0) is 6.54 Å². The van der Waals surface area contributed by atoms with Gasteiger partial charge >= 0.3 is 0 Å². The average Bonchev–Trinajstić information content (AvgIpc) is 3.08. The number of nitrogens with one attached hydrogen (secondary N) is 2. The Bertz CT molecular complexity index is 635. The van der Waals surface area contributed by atoms with Gasteiger partial charge in [0.05, 0.1) is 6.54 Å². The van der Waals surface area contributed by atoms with Crippen molar-refractivity contribution in [3.05, 3.63) is 60.2 Å². The summed E-state index contributed by atoms with van der Waals surface area (Å²) in [5.41, 5.74) is 4.11. The van der Waals surface area contributed by atoms with E-state index in [2.05, 4.69) is 61.5 Å². The summed E-state index contributed by atoms with van der Waals surface area (Å²) in [5, 5.41) is 0. The molecule has 120 valence electrons. The summed E-state index contributed by atoms with van der Waals surface area (Å²) in [5.74, 6) is 0. The van der Waals surface area contributed by atoms with Crippen molar-refractivity contribution in [2.75, 3.05) is 19.6 Å². The molecule has 2 aromatic carbocycles. The van der Waals surface area contributed by atoms with Crippen molar-refractivity contribution in [1.82, 2.24) is 0 Å². The van der Waals surface area contributed by atoms with Gasteiger partial charge in [0.2, 0.25) is 0 Å². The number of quaternary nitrogens is 2. The second-order valence-corrected chi connectivity index (χ2v) is 7.34. The molecule has 0 aromatic heterocycles. The molecule has 2 nitrogen and oxygen atoms in total. The van der Waals surface area contributed by atoms with Crippen molar-refractivity contribution in [2.45, 2.75) is 38.4 Å². The minimum atomic E-state index is 0.801. The van der Waals surface area contributed by atoms with E-state index in [0.717, 1.165) is 12.1 Å². The van der Waals surface area contributed by atoms with Gasteiger partial charge in [-0.3, -0.25) is 0 Å². The van der Waals surface area contributed by atoms with E-state index in [1.165, 1.54) is 55.7 Å². The van der Waals surface area contributed by atoms with Crippen LogP contribution in [0.15, 0.2) is 54.6 Å². The molecular weight excluding hydrogens is 280 g/mol. The minimum absolute atomic E-state index is 0.801. The van der Waals surface area contributed by atoms with Crippen molar-refractivity contribution in [1.29, 1.82) is 0 Å². The molecule has 4 atom stereocenters. The van der Waals surface area contributed by atoms with Gasteiger partial charge in [-0.15, -0.1) is 0 Å². The molecule has 4 rings (SSSR count). The standard InChI is InChI=1S/C21H26N2/c1-17-21-8-5-13-22(21)14-15-23(17)16-18-9-11-20(12-10-18)19-6-3-2-4-7-19/h2-4,6-7,9-12,17,21H,5,8,13-16H2,1H3/p+2/t17-,21-/m1/s1. The SMILES string of the molecule is C[C@@H]1[C@H]2CCC[NH+]2CC[NH+]1Cc1ccc(-c2ccccc2)cc1. The van der Waals surface area contributed by atoms with Crippen LogP contribution in [0.25, 0.3) is 11.1 Å². The van der Waals surface area contributed by atoms with Crippen LogP contribution in [0.5, 0.6) is 0 Å². The molecule has 0 radical (unpaired) electrons. The molecule has 0 bridgehead atoms. The second-order valence-electron chi connectivity index (χ2n) is 7.34. The third-order valence-corrected chi connectivity index (χ3v) is 6.04. The quantitative estimate of drug-likeness (QED) is 0.843. The maximum Gasteiger partial charge on any atom is 0.140 e. The largest absolute Gasteiger partial charge is 0.323 e. The highest BCUT2D eigenvalue weighted by atomic mass is 15.3. The Morgan fingerprint density at radius 1 is 0.870 bits per heavy atom. The van der Waals surface area contributed by atoms with Crippen LogP contribution < -0.4 is 9.80 Å². The van der Waals surface area contributed by atoms with Gasteiger partial charge in [0.15, 0.2) is 0 Å². The first-order valence-electron chi connectivity index (χ1n) is 9.15. The molecule has 0 aliphatic carbocycles. The summed E-state index contributed by atoms with van der Waals surface area (Å²) >= 11 is 0. The van der Waals surface area contributed by atoms with Gasteiger partial charge in [-0.25, -0.2) is 0 Å². The maximum absolute atomic E-state index is 2.48. The normalized spacial score (nSPS) is 30.1. The van der Waals surface area contributed by atoms with Crippen molar-refractivity contribution >= 4 is 0 Å². The first-order chi connectivity index (χ1) is 11.3. The molecule has 2 saturated heterocycles. The molecule has 23 heavy (non-hydrogen) atoms. The molecule has 2 aliphatic rings. The van der Waals surface area contributed by atoms with Gasteiger partial charge < -0.3 is 9.80 Å². The number of hydrogen-bond acceptors (Lipinski definition) is 0. The summed E-state index contributed by atoms with van der Waals surface area (Å²) < 4.78 is 0. The number of hydrogen-bond donors (Lipinski definition) is 2. The Kier molecular flexibility index (Phi) is 4.19. The molecule has 2 fully saturated rings. The van der Waals surface area contributed by atoms with Crippen molar-refractivity contribution < 1.29 is 9.80 Å². The topological polar surface area (TPSA) is 8.88 Å². The number of rotatable bonds is 3. The molecule has 2 heterocycles. The summed E-state index contributed by atoms with van der Waals surface area (Å²) in [7, 11) is 0. The van der Waals surface area contributed by atoms with Crippen molar-refractivity contribution in [2.24, 2.45) is 0 Å². The second kappa shape index (κ2) is 6.46. The van der Waals surface area contributed by atoms with Crippen LogP contribution in [0.4, 0.5) is 0 Å². The molecular formula is C21H28N2+2. The summed E-state index contributed by atoms with van der Waals surface area (Å²) in [6.45, 7) is 7.76. The van der Waals surface area contributed by atoms with Gasteiger partial charge in [-0.1, -0.05) is 54.6 Å². The third-order valence-electron chi connectivity index (χ3n) is 6.04. The van der Waals surface area contributed by atoms with E-state index in [0.29, 0.717) is 0 Å². The van der Waals surface area contributed by atoms with E-state index in [9.17, 15) is 0 Å². The lowest BCUT2D eigenvalue weighted by molar-refractivity contribution is -1.05. The number of benzene rings is 2. The van der Waals surface area contributed by atoms with E-state index < -0.39 is 0 Å².